The highest BCUT2D eigenvalue weighted by molar-refractivity contribution is 7.99. The quantitative estimate of drug-likeness (QED) is 0.539. The number of carbonyl (C=O) groups excluding carboxylic acids is 2. The van der Waals surface area contributed by atoms with E-state index in [9.17, 15) is 9.59 Å². The minimum Gasteiger partial charge on any atom is -0.325 e. The normalized spacial score (nSPS) is 10.2. The Balaban J connectivity index is 1.70. The van der Waals surface area contributed by atoms with Crippen LogP contribution in [0.5, 0.6) is 0 Å². The molecule has 25 heavy (non-hydrogen) atoms. The van der Waals surface area contributed by atoms with Crippen LogP contribution in [0.2, 0.25) is 0 Å². The predicted octanol–water partition coefficient (Wildman–Crippen LogP) is 4.04. The molecule has 0 radical (unpaired) electrons. The monoisotopic (exact) mass is 348 g/mol. The average Bonchev–Trinajstić information content (AvgIpc) is 2.68. The Hall–Kier alpha value is -2.92. The summed E-state index contributed by atoms with van der Waals surface area (Å²) in [7, 11) is 0. The minimum absolute atomic E-state index is 0.117. The van der Waals surface area contributed by atoms with E-state index in [4.69, 9.17) is 0 Å². The third-order valence-electron chi connectivity index (χ3n) is 3.47. The summed E-state index contributed by atoms with van der Waals surface area (Å²) in [5.41, 5.74) is 1.58. The average molecular weight is 348 g/mol. The first-order valence-corrected chi connectivity index (χ1v) is 8.75. The fourth-order valence-corrected chi connectivity index (χ4v) is 2.95. The van der Waals surface area contributed by atoms with Gasteiger partial charge in [0.15, 0.2) is 5.78 Å². The number of nitrogens with one attached hydrogen (secondary N) is 1. The smallest absolute Gasteiger partial charge is 0.234 e. The molecule has 0 saturated heterocycles. The maximum Gasteiger partial charge on any atom is 0.234 e. The Morgan fingerprint density at radius 1 is 0.880 bits per heavy atom. The van der Waals surface area contributed by atoms with Gasteiger partial charge in [0.05, 0.1) is 16.5 Å². The second-order valence-corrected chi connectivity index (χ2v) is 6.24. The van der Waals surface area contributed by atoms with E-state index in [1.165, 1.54) is 11.8 Å². The summed E-state index contributed by atoms with van der Waals surface area (Å²) in [6, 6.07) is 21.6. The summed E-state index contributed by atoms with van der Waals surface area (Å²) in [4.78, 5) is 29.1. The second kappa shape index (κ2) is 8.26. The zero-order valence-corrected chi connectivity index (χ0v) is 14.2. The molecule has 124 valence electrons. The van der Waals surface area contributed by atoms with Crippen LogP contribution in [-0.2, 0) is 4.79 Å². The van der Waals surface area contributed by atoms with E-state index in [0.717, 1.165) is 5.03 Å². The number of amides is 1. The Morgan fingerprint density at radius 2 is 1.60 bits per heavy atom. The molecule has 0 aliphatic rings. The molecular weight excluding hydrogens is 332 g/mol. The number of thioether (sulfide) groups is 1. The van der Waals surface area contributed by atoms with E-state index in [1.54, 1.807) is 42.6 Å². The molecule has 3 rings (SSSR count). The first-order chi connectivity index (χ1) is 12.2. The molecular formula is C20H16N2O2S. The van der Waals surface area contributed by atoms with Gasteiger partial charge in [0.25, 0.3) is 0 Å². The van der Waals surface area contributed by atoms with Crippen LogP contribution < -0.4 is 5.32 Å². The lowest BCUT2D eigenvalue weighted by molar-refractivity contribution is -0.113. The highest BCUT2D eigenvalue weighted by Gasteiger charge is 2.14. The lowest BCUT2D eigenvalue weighted by atomic mass is 10.0. The van der Waals surface area contributed by atoms with Crippen molar-refractivity contribution in [3.8, 4) is 0 Å². The molecule has 3 aromatic rings. The summed E-state index contributed by atoms with van der Waals surface area (Å²) in [6.45, 7) is 0. The van der Waals surface area contributed by atoms with Gasteiger partial charge in [-0.1, -0.05) is 60.3 Å². The van der Waals surface area contributed by atoms with Gasteiger partial charge in [-0.2, -0.15) is 0 Å². The van der Waals surface area contributed by atoms with Crippen molar-refractivity contribution >= 4 is 29.1 Å². The number of aromatic nitrogens is 1. The fourth-order valence-electron chi connectivity index (χ4n) is 2.29. The third kappa shape index (κ3) is 4.55. The molecule has 0 saturated carbocycles. The van der Waals surface area contributed by atoms with Gasteiger partial charge in [0.1, 0.15) is 0 Å². The van der Waals surface area contributed by atoms with Crippen molar-refractivity contribution < 1.29 is 9.59 Å². The number of hydrogen-bond donors (Lipinski definition) is 1. The lowest BCUT2D eigenvalue weighted by Gasteiger charge is -2.10. The van der Waals surface area contributed by atoms with Gasteiger partial charge in [0, 0.05) is 17.3 Å². The first-order valence-electron chi connectivity index (χ1n) is 7.76. The number of para-hydroxylation sites is 1. The van der Waals surface area contributed by atoms with Gasteiger partial charge >= 0.3 is 0 Å². The van der Waals surface area contributed by atoms with Crippen molar-refractivity contribution in [2.75, 3.05) is 11.1 Å². The number of benzene rings is 2. The van der Waals surface area contributed by atoms with Crippen molar-refractivity contribution in [2.24, 2.45) is 0 Å². The first kappa shape index (κ1) is 16.9. The van der Waals surface area contributed by atoms with Gasteiger partial charge in [-0.05, 0) is 24.3 Å². The van der Waals surface area contributed by atoms with Crippen molar-refractivity contribution in [3.63, 3.8) is 0 Å². The molecule has 0 bridgehead atoms. The Morgan fingerprint density at radius 3 is 2.36 bits per heavy atom. The predicted molar refractivity (Wildman–Crippen MR) is 99.9 cm³/mol. The summed E-state index contributed by atoms with van der Waals surface area (Å²) in [5, 5.41) is 3.61. The van der Waals surface area contributed by atoms with E-state index in [1.807, 2.05) is 36.4 Å². The highest BCUT2D eigenvalue weighted by Crippen LogP contribution is 2.20. The van der Waals surface area contributed by atoms with Crippen molar-refractivity contribution in [1.82, 2.24) is 4.98 Å². The van der Waals surface area contributed by atoms with Crippen LogP contribution in [0.15, 0.2) is 84.0 Å². The van der Waals surface area contributed by atoms with E-state index in [0.29, 0.717) is 16.8 Å². The second-order valence-electron chi connectivity index (χ2n) is 5.25. The van der Waals surface area contributed by atoms with Crippen LogP contribution in [0.3, 0.4) is 0 Å². The molecule has 1 heterocycles. The molecule has 1 amide bonds. The third-order valence-corrected chi connectivity index (χ3v) is 4.41. The number of hydrogen-bond acceptors (Lipinski definition) is 4. The number of anilines is 1. The molecule has 5 heteroatoms. The zero-order chi connectivity index (χ0) is 17.5. The van der Waals surface area contributed by atoms with Crippen molar-refractivity contribution in [2.45, 2.75) is 5.03 Å². The Labute approximate surface area is 150 Å². The lowest BCUT2D eigenvalue weighted by Crippen LogP contribution is -2.17. The summed E-state index contributed by atoms with van der Waals surface area (Å²) >= 11 is 1.35. The van der Waals surface area contributed by atoms with E-state index < -0.39 is 0 Å². The number of carbonyl (C=O) groups is 2. The number of pyridine rings is 1. The molecule has 4 nitrogen and oxygen atoms in total. The molecule has 0 atom stereocenters. The van der Waals surface area contributed by atoms with Gasteiger partial charge in [-0.15, -0.1) is 0 Å². The van der Waals surface area contributed by atoms with Gasteiger partial charge in [0.2, 0.25) is 5.91 Å². The van der Waals surface area contributed by atoms with Crippen LogP contribution in [0.4, 0.5) is 5.69 Å². The summed E-state index contributed by atoms with van der Waals surface area (Å²) in [5.74, 6) is -0.0666. The molecule has 0 aliphatic heterocycles. The molecule has 1 aromatic heterocycles. The summed E-state index contributed by atoms with van der Waals surface area (Å²) in [6.07, 6.45) is 1.69. The Kier molecular flexibility index (Phi) is 5.59. The van der Waals surface area contributed by atoms with Crippen LogP contribution >= 0.6 is 11.8 Å². The summed E-state index contributed by atoms with van der Waals surface area (Å²) < 4.78 is 0. The van der Waals surface area contributed by atoms with Gasteiger partial charge < -0.3 is 5.32 Å². The van der Waals surface area contributed by atoms with Crippen LogP contribution in [0, 0.1) is 0 Å². The zero-order valence-electron chi connectivity index (χ0n) is 13.4. The topological polar surface area (TPSA) is 59.1 Å². The standard InChI is InChI=1S/C20H16N2O2S/c23-18(14-25-19-12-6-7-13-21-19)22-17-11-5-4-10-16(17)20(24)15-8-2-1-3-9-15/h1-13H,14H2,(H,22,23). The van der Waals surface area contributed by atoms with Crippen LogP contribution in [0.25, 0.3) is 0 Å². The number of ketones is 1. The largest absolute Gasteiger partial charge is 0.325 e. The Bertz CT molecular complexity index is 867. The molecule has 0 spiro atoms. The maximum absolute atomic E-state index is 12.7. The van der Waals surface area contributed by atoms with E-state index in [2.05, 4.69) is 10.3 Å². The fraction of sp³-hybridized carbons (Fsp3) is 0.0500. The molecule has 0 aliphatic carbocycles. The van der Waals surface area contributed by atoms with Crippen molar-refractivity contribution in [3.05, 3.63) is 90.1 Å². The van der Waals surface area contributed by atoms with Gasteiger partial charge in [-0.3, -0.25) is 9.59 Å². The highest BCUT2D eigenvalue weighted by atomic mass is 32.2. The van der Waals surface area contributed by atoms with E-state index in [-0.39, 0.29) is 17.4 Å². The number of nitrogens with zero attached hydrogens (tertiary/aromatic N) is 1. The number of rotatable bonds is 6. The van der Waals surface area contributed by atoms with Crippen molar-refractivity contribution in [1.29, 1.82) is 0 Å². The van der Waals surface area contributed by atoms with Crippen LogP contribution in [0.1, 0.15) is 15.9 Å². The minimum atomic E-state index is -0.177. The van der Waals surface area contributed by atoms with Crippen LogP contribution in [-0.4, -0.2) is 22.4 Å². The van der Waals surface area contributed by atoms with E-state index >= 15 is 0 Å². The SMILES string of the molecule is O=C(CSc1ccccn1)Nc1ccccc1C(=O)c1ccccc1. The molecule has 2 aromatic carbocycles. The molecule has 0 fully saturated rings. The maximum atomic E-state index is 12.7. The molecule has 1 N–H and O–H groups in total. The van der Waals surface area contributed by atoms with Gasteiger partial charge in [-0.25, -0.2) is 4.98 Å². The molecule has 0 unspecified atom stereocenters.